The molecule has 3 nitrogen and oxygen atoms in total. The monoisotopic (exact) mass is 287 g/mol. The van der Waals surface area contributed by atoms with E-state index in [1.54, 1.807) is 7.11 Å². The molecule has 0 saturated heterocycles. The molecule has 0 aliphatic carbocycles. The first-order chi connectivity index (χ1) is 7.58. The van der Waals surface area contributed by atoms with Gasteiger partial charge in [0.25, 0.3) is 0 Å². The van der Waals surface area contributed by atoms with Crippen molar-refractivity contribution in [2.75, 3.05) is 7.11 Å². The summed E-state index contributed by atoms with van der Waals surface area (Å²) in [6.45, 7) is 5.06. The second kappa shape index (κ2) is 6.11. The lowest BCUT2D eigenvalue weighted by Crippen LogP contribution is -2.24. The predicted molar refractivity (Wildman–Crippen MR) is 69.0 cm³/mol. The van der Waals surface area contributed by atoms with E-state index in [9.17, 15) is 5.11 Å². The van der Waals surface area contributed by atoms with Crippen LogP contribution in [0.25, 0.3) is 0 Å². The van der Waals surface area contributed by atoms with Crippen LogP contribution in [0.5, 0.6) is 11.5 Å². The van der Waals surface area contributed by atoms with E-state index in [4.69, 9.17) is 4.74 Å². The zero-order valence-electron chi connectivity index (χ0n) is 9.88. The molecular formula is C12H18BrNO2. The topological polar surface area (TPSA) is 41.5 Å². The zero-order valence-corrected chi connectivity index (χ0v) is 11.5. The SMILES string of the molecule is CC[C@H](C)NCc1cc(Br)c(O)c(OC)c1. The third kappa shape index (κ3) is 3.39. The van der Waals surface area contributed by atoms with Gasteiger partial charge >= 0.3 is 0 Å². The summed E-state index contributed by atoms with van der Waals surface area (Å²) in [5, 5.41) is 13.0. The average molecular weight is 288 g/mol. The molecule has 0 amide bonds. The Labute approximate surface area is 105 Å². The lowest BCUT2D eigenvalue weighted by atomic mass is 10.2. The number of phenols is 1. The number of aromatic hydroxyl groups is 1. The molecule has 1 aromatic rings. The maximum absolute atomic E-state index is 9.65. The van der Waals surface area contributed by atoms with Gasteiger partial charge in [0.15, 0.2) is 11.5 Å². The van der Waals surface area contributed by atoms with Gasteiger partial charge in [0, 0.05) is 12.6 Å². The molecule has 0 aromatic heterocycles. The van der Waals surface area contributed by atoms with E-state index < -0.39 is 0 Å². The van der Waals surface area contributed by atoms with Crippen LogP contribution in [0.15, 0.2) is 16.6 Å². The molecular weight excluding hydrogens is 270 g/mol. The Kier molecular flexibility index (Phi) is 5.09. The van der Waals surface area contributed by atoms with Crippen molar-refractivity contribution in [3.63, 3.8) is 0 Å². The first-order valence-corrected chi connectivity index (χ1v) is 6.16. The Morgan fingerprint density at radius 1 is 1.50 bits per heavy atom. The van der Waals surface area contributed by atoms with Crippen LogP contribution in [0.4, 0.5) is 0 Å². The highest BCUT2D eigenvalue weighted by molar-refractivity contribution is 9.10. The molecule has 90 valence electrons. The standard InChI is InChI=1S/C12H18BrNO2/c1-4-8(2)14-7-9-5-10(13)12(15)11(6-9)16-3/h5-6,8,14-15H,4,7H2,1-3H3/t8-/m0/s1. The van der Waals surface area contributed by atoms with Gasteiger partial charge in [-0.05, 0) is 47.0 Å². The summed E-state index contributed by atoms with van der Waals surface area (Å²) >= 11 is 3.30. The van der Waals surface area contributed by atoms with Gasteiger partial charge in [-0.1, -0.05) is 6.92 Å². The van der Waals surface area contributed by atoms with Crippen molar-refractivity contribution in [3.05, 3.63) is 22.2 Å². The van der Waals surface area contributed by atoms with Crippen LogP contribution in [-0.4, -0.2) is 18.3 Å². The Morgan fingerprint density at radius 3 is 2.75 bits per heavy atom. The molecule has 1 aromatic carbocycles. The smallest absolute Gasteiger partial charge is 0.172 e. The molecule has 0 fully saturated rings. The van der Waals surface area contributed by atoms with Crippen LogP contribution < -0.4 is 10.1 Å². The lowest BCUT2D eigenvalue weighted by Gasteiger charge is -2.13. The minimum Gasteiger partial charge on any atom is -0.503 e. The van der Waals surface area contributed by atoms with Gasteiger partial charge in [-0.15, -0.1) is 0 Å². The number of hydrogen-bond donors (Lipinski definition) is 2. The number of methoxy groups -OCH3 is 1. The van der Waals surface area contributed by atoms with Crippen LogP contribution in [0.3, 0.4) is 0 Å². The lowest BCUT2D eigenvalue weighted by molar-refractivity contribution is 0.371. The van der Waals surface area contributed by atoms with E-state index in [0.717, 1.165) is 18.5 Å². The number of ether oxygens (including phenoxy) is 1. The third-order valence-corrected chi connectivity index (χ3v) is 3.18. The minimum absolute atomic E-state index is 0.148. The highest BCUT2D eigenvalue weighted by Crippen LogP contribution is 2.35. The van der Waals surface area contributed by atoms with E-state index in [0.29, 0.717) is 16.3 Å². The van der Waals surface area contributed by atoms with Gasteiger partial charge < -0.3 is 15.2 Å². The maximum Gasteiger partial charge on any atom is 0.172 e. The summed E-state index contributed by atoms with van der Waals surface area (Å²) in [6.07, 6.45) is 1.09. The van der Waals surface area contributed by atoms with Crippen molar-refractivity contribution in [1.82, 2.24) is 5.32 Å². The number of nitrogens with one attached hydrogen (secondary N) is 1. The molecule has 16 heavy (non-hydrogen) atoms. The summed E-state index contributed by atoms with van der Waals surface area (Å²) < 4.78 is 5.75. The van der Waals surface area contributed by atoms with Gasteiger partial charge in [-0.25, -0.2) is 0 Å². The molecule has 1 rings (SSSR count). The fraction of sp³-hybridized carbons (Fsp3) is 0.500. The second-order valence-electron chi connectivity index (χ2n) is 3.82. The second-order valence-corrected chi connectivity index (χ2v) is 4.67. The molecule has 0 heterocycles. The van der Waals surface area contributed by atoms with E-state index >= 15 is 0 Å². The van der Waals surface area contributed by atoms with Crippen LogP contribution in [0.2, 0.25) is 0 Å². The number of hydrogen-bond acceptors (Lipinski definition) is 3. The molecule has 1 atom stereocenters. The number of rotatable bonds is 5. The van der Waals surface area contributed by atoms with Gasteiger partial charge in [-0.3, -0.25) is 0 Å². The summed E-state index contributed by atoms with van der Waals surface area (Å²) in [5.74, 6) is 0.644. The molecule has 2 N–H and O–H groups in total. The summed E-state index contributed by atoms with van der Waals surface area (Å²) in [7, 11) is 1.55. The van der Waals surface area contributed by atoms with Gasteiger partial charge in [-0.2, -0.15) is 0 Å². The van der Waals surface area contributed by atoms with Crippen LogP contribution in [0.1, 0.15) is 25.8 Å². The molecule has 0 bridgehead atoms. The normalized spacial score (nSPS) is 12.5. The van der Waals surface area contributed by atoms with Gasteiger partial charge in [0.05, 0.1) is 11.6 Å². The van der Waals surface area contributed by atoms with E-state index in [2.05, 4.69) is 35.1 Å². The number of phenolic OH excluding ortho intramolecular Hbond substituents is 1. The molecule has 0 aliphatic heterocycles. The van der Waals surface area contributed by atoms with Crippen molar-refractivity contribution in [2.24, 2.45) is 0 Å². The Balaban J connectivity index is 2.78. The fourth-order valence-corrected chi connectivity index (χ4v) is 1.81. The third-order valence-electron chi connectivity index (χ3n) is 2.58. The highest BCUT2D eigenvalue weighted by atomic mass is 79.9. The van der Waals surface area contributed by atoms with Gasteiger partial charge in [0.1, 0.15) is 0 Å². The minimum atomic E-state index is 0.148. The summed E-state index contributed by atoms with van der Waals surface area (Å²) in [6, 6.07) is 4.22. The van der Waals surface area contributed by atoms with Crippen LogP contribution in [0, 0.1) is 0 Å². The molecule has 0 aliphatic rings. The fourth-order valence-electron chi connectivity index (χ4n) is 1.32. The van der Waals surface area contributed by atoms with E-state index in [1.807, 2.05) is 12.1 Å². The zero-order chi connectivity index (χ0) is 12.1. The maximum atomic E-state index is 9.65. The molecule has 4 heteroatoms. The molecule has 0 spiro atoms. The van der Waals surface area contributed by atoms with Crippen molar-refractivity contribution in [2.45, 2.75) is 32.9 Å². The number of halogens is 1. The first kappa shape index (κ1) is 13.3. The quantitative estimate of drug-likeness (QED) is 0.875. The first-order valence-electron chi connectivity index (χ1n) is 5.37. The van der Waals surface area contributed by atoms with Crippen LogP contribution in [-0.2, 0) is 6.54 Å². The van der Waals surface area contributed by atoms with Gasteiger partial charge in [0.2, 0.25) is 0 Å². The van der Waals surface area contributed by atoms with Crippen LogP contribution >= 0.6 is 15.9 Å². The largest absolute Gasteiger partial charge is 0.503 e. The molecule has 0 saturated carbocycles. The van der Waals surface area contributed by atoms with E-state index in [1.165, 1.54) is 0 Å². The summed E-state index contributed by atoms with van der Waals surface area (Å²) in [5.41, 5.74) is 1.09. The average Bonchev–Trinajstić information content (AvgIpc) is 2.29. The number of benzene rings is 1. The molecule has 0 unspecified atom stereocenters. The predicted octanol–water partition coefficient (Wildman–Crippen LogP) is 3.05. The van der Waals surface area contributed by atoms with Crippen molar-refractivity contribution < 1.29 is 9.84 Å². The van der Waals surface area contributed by atoms with Crippen molar-refractivity contribution >= 4 is 15.9 Å². The Hall–Kier alpha value is -0.740. The summed E-state index contributed by atoms with van der Waals surface area (Å²) in [4.78, 5) is 0. The van der Waals surface area contributed by atoms with Crippen molar-refractivity contribution in [3.8, 4) is 11.5 Å². The molecule has 0 radical (unpaired) electrons. The highest BCUT2D eigenvalue weighted by Gasteiger charge is 2.08. The Bertz CT molecular complexity index is 355. The Morgan fingerprint density at radius 2 is 2.19 bits per heavy atom. The van der Waals surface area contributed by atoms with Crippen molar-refractivity contribution in [1.29, 1.82) is 0 Å². The van der Waals surface area contributed by atoms with E-state index in [-0.39, 0.29) is 5.75 Å².